The lowest BCUT2D eigenvalue weighted by Gasteiger charge is -2.26. The number of aromatic nitrogens is 2. The standard InChI is InChI=1S/C22H35N5O3/c1-4-26(5-2)21(29)11-19-22-15(10-20(28)24-16-6-7-16)12-27(18(22)14-30-19)13-17-8-9-23-25(17)3/h8-9,15-16,18-19,22H,4-7,10-14H2,1-3H3,(H,24,28)/t15-,18-,19+,22-/m1/s1. The van der Waals surface area contributed by atoms with Gasteiger partial charge in [-0.25, -0.2) is 0 Å². The lowest BCUT2D eigenvalue weighted by Crippen LogP contribution is -2.37. The first kappa shape index (κ1) is 21.3. The molecule has 1 aromatic heterocycles. The molecule has 0 bridgehead atoms. The predicted octanol–water partition coefficient (Wildman–Crippen LogP) is 1.16. The van der Waals surface area contributed by atoms with Crippen LogP contribution in [0.2, 0.25) is 0 Å². The number of carbonyl (C=O) groups excluding carboxylic acids is 2. The largest absolute Gasteiger partial charge is 0.376 e. The molecule has 2 saturated heterocycles. The van der Waals surface area contributed by atoms with Gasteiger partial charge in [0.1, 0.15) is 0 Å². The molecule has 0 spiro atoms. The molecular formula is C22H35N5O3. The van der Waals surface area contributed by atoms with Crippen LogP contribution in [0.25, 0.3) is 0 Å². The van der Waals surface area contributed by atoms with Gasteiger partial charge in [-0.15, -0.1) is 0 Å². The Morgan fingerprint density at radius 1 is 1.27 bits per heavy atom. The lowest BCUT2D eigenvalue weighted by molar-refractivity contribution is -0.133. The number of hydrogen-bond acceptors (Lipinski definition) is 5. The van der Waals surface area contributed by atoms with Gasteiger partial charge in [0.25, 0.3) is 0 Å². The number of hydrogen-bond donors (Lipinski definition) is 1. The van der Waals surface area contributed by atoms with E-state index in [-0.39, 0.29) is 35.8 Å². The predicted molar refractivity (Wildman–Crippen MR) is 112 cm³/mol. The minimum Gasteiger partial charge on any atom is -0.376 e. The minimum absolute atomic E-state index is 0.113. The van der Waals surface area contributed by atoms with Crippen LogP contribution in [0.1, 0.15) is 45.2 Å². The monoisotopic (exact) mass is 417 g/mol. The summed E-state index contributed by atoms with van der Waals surface area (Å²) >= 11 is 0. The Balaban J connectivity index is 1.47. The summed E-state index contributed by atoms with van der Waals surface area (Å²) in [5, 5.41) is 7.42. The fourth-order valence-corrected chi connectivity index (χ4v) is 5.19. The molecule has 3 aliphatic rings. The molecule has 8 nitrogen and oxygen atoms in total. The first-order valence-electron chi connectivity index (χ1n) is 11.4. The van der Waals surface area contributed by atoms with E-state index in [1.54, 1.807) is 0 Å². The Bertz CT molecular complexity index is 758. The second-order valence-electron chi connectivity index (χ2n) is 8.97. The van der Waals surface area contributed by atoms with E-state index < -0.39 is 0 Å². The van der Waals surface area contributed by atoms with Crippen molar-refractivity contribution in [2.45, 2.75) is 64.3 Å². The van der Waals surface area contributed by atoms with Crippen LogP contribution in [0.4, 0.5) is 0 Å². The number of nitrogens with one attached hydrogen (secondary N) is 1. The van der Waals surface area contributed by atoms with Crippen LogP contribution in [-0.2, 0) is 27.9 Å². The molecule has 166 valence electrons. The first-order valence-corrected chi connectivity index (χ1v) is 11.4. The quantitative estimate of drug-likeness (QED) is 0.652. The number of likely N-dealkylation sites (tertiary alicyclic amines) is 1. The molecule has 8 heteroatoms. The molecule has 4 rings (SSSR count). The van der Waals surface area contributed by atoms with Crippen LogP contribution < -0.4 is 5.32 Å². The van der Waals surface area contributed by atoms with Gasteiger partial charge >= 0.3 is 0 Å². The van der Waals surface area contributed by atoms with E-state index >= 15 is 0 Å². The third-order valence-corrected chi connectivity index (χ3v) is 7.01. The van der Waals surface area contributed by atoms with Gasteiger partial charge in [0.15, 0.2) is 0 Å². The van der Waals surface area contributed by atoms with Gasteiger partial charge in [-0.2, -0.15) is 5.10 Å². The number of rotatable bonds is 9. The highest BCUT2D eigenvalue weighted by Crippen LogP contribution is 2.42. The Labute approximate surface area is 178 Å². The van der Waals surface area contributed by atoms with Crippen LogP contribution in [-0.4, -0.2) is 75.8 Å². The molecule has 2 aliphatic heterocycles. The molecule has 1 aromatic rings. The van der Waals surface area contributed by atoms with Gasteiger partial charge in [-0.1, -0.05) is 0 Å². The number of ether oxygens (including phenoxy) is 1. The first-order chi connectivity index (χ1) is 14.5. The second kappa shape index (κ2) is 9.06. The molecule has 3 heterocycles. The SMILES string of the molecule is CCN(CC)C(=O)C[C@@H]1OC[C@@H]2[C@H]1[C@H](CC(=O)NC1CC1)CN2Cc1ccnn1C. The maximum Gasteiger partial charge on any atom is 0.225 e. The smallest absolute Gasteiger partial charge is 0.225 e. The molecule has 30 heavy (non-hydrogen) atoms. The fraction of sp³-hybridized carbons (Fsp3) is 0.773. The van der Waals surface area contributed by atoms with E-state index in [4.69, 9.17) is 4.74 Å². The summed E-state index contributed by atoms with van der Waals surface area (Å²) in [6.45, 7) is 7.73. The lowest BCUT2D eigenvalue weighted by atomic mass is 9.84. The topological polar surface area (TPSA) is 79.7 Å². The van der Waals surface area contributed by atoms with E-state index in [0.717, 1.165) is 44.7 Å². The van der Waals surface area contributed by atoms with E-state index in [2.05, 4.69) is 15.3 Å². The van der Waals surface area contributed by atoms with Crippen LogP contribution in [0.15, 0.2) is 12.3 Å². The summed E-state index contributed by atoms with van der Waals surface area (Å²) in [4.78, 5) is 29.6. The summed E-state index contributed by atoms with van der Waals surface area (Å²) in [6.07, 6.45) is 4.82. The molecule has 0 unspecified atom stereocenters. The van der Waals surface area contributed by atoms with Gasteiger partial charge in [0, 0.05) is 63.8 Å². The van der Waals surface area contributed by atoms with Crippen LogP contribution >= 0.6 is 0 Å². The average Bonchev–Trinajstić information content (AvgIpc) is 3.13. The molecule has 0 aromatic carbocycles. The Morgan fingerprint density at radius 3 is 2.67 bits per heavy atom. The Hall–Kier alpha value is -1.93. The zero-order valence-corrected chi connectivity index (χ0v) is 18.4. The highest BCUT2D eigenvalue weighted by molar-refractivity contribution is 5.77. The maximum atomic E-state index is 12.8. The third-order valence-electron chi connectivity index (χ3n) is 7.01. The van der Waals surface area contributed by atoms with Crippen LogP contribution in [0.5, 0.6) is 0 Å². The van der Waals surface area contributed by atoms with Gasteiger partial charge in [-0.3, -0.25) is 19.2 Å². The highest BCUT2D eigenvalue weighted by atomic mass is 16.5. The van der Waals surface area contributed by atoms with Crippen molar-refractivity contribution in [1.29, 1.82) is 0 Å². The summed E-state index contributed by atoms with van der Waals surface area (Å²) in [5.74, 6) is 0.711. The maximum absolute atomic E-state index is 12.8. The summed E-state index contributed by atoms with van der Waals surface area (Å²) in [6, 6.07) is 2.66. The van der Waals surface area contributed by atoms with Gasteiger partial charge in [0.2, 0.25) is 11.8 Å². The van der Waals surface area contributed by atoms with Crippen molar-refractivity contribution in [2.75, 3.05) is 26.2 Å². The number of carbonyl (C=O) groups is 2. The summed E-state index contributed by atoms with van der Waals surface area (Å²) in [5.41, 5.74) is 1.15. The van der Waals surface area contributed by atoms with Crippen LogP contribution in [0, 0.1) is 11.8 Å². The average molecular weight is 418 g/mol. The zero-order chi connectivity index (χ0) is 21.3. The Kier molecular flexibility index (Phi) is 6.43. The molecule has 0 radical (unpaired) electrons. The van der Waals surface area contributed by atoms with Crippen molar-refractivity contribution in [1.82, 2.24) is 24.9 Å². The molecule has 4 atom stereocenters. The molecule has 1 aliphatic carbocycles. The van der Waals surface area contributed by atoms with Gasteiger partial charge < -0.3 is 15.0 Å². The summed E-state index contributed by atoms with van der Waals surface area (Å²) < 4.78 is 8.07. The van der Waals surface area contributed by atoms with Crippen molar-refractivity contribution in [3.8, 4) is 0 Å². The third kappa shape index (κ3) is 4.54. The molecule has 1 saturated carbocycles. The van der Waals surface area contributed by atoms with E-state index in [1.165, 1.54) is 0 Å². The molecule has 1 N–H and O–H groups in total. The number of fused-ring (bicyclic) bond motifs is 1. The van der Waals surface area contributed by atoms with E-state index in [9.17, 15) is 9.59 Å². The van der Waals surface area contributed by atoms with Crippen molar-refractivity contribution in [2.24, 2.45) is 18.9 Å². The van der Waals surface area contributed by atoms with E-state index in [1.807, 2.05) is 42.7 Å². The van der Waals surface area contributed by atoms with Crippen molar-refractivity contribution in [3.05, 3.63) is 18.0 Å². The summed E-state index contributed by atoms with van der Waals surface area (Å²) in [7, 11) is 1.96. The Morgan fingerprint density at radius 2 is 2.03 bits per heavy atom. The zero-order valence-electron chi connectivity index (χ0n) is 18.4. The van der Waals surface area contributed by atoms with Crippen molar-refractivity contribution in [3.63, 3.8) is 0 Å². The van der Waals surface area contributed by atoms with Crippen molar-refractivity contribution >= 4 is 11.8 Å². The normalized spacial score (nSPS) is 28.5. The molecule has 3 fully saturated rings. The number of amides is 2. The van der Waals surface area contributed by atoms with Crippen LogP contribution in [0.3, 0.4) is 0 Å². The molecular weight excluding hydrogens is 382 g/mol. The molecule has 2 amide bonds. The number of aryl methyl sites for hydroxylation is 1. The van der Waals surface area contributed by atoms with Crippen molar-refractivity contribution < 1.29 is 14.3 Å². The second-order valence-corrected chi connectivity index (χ2v) is 8.97. The highest BCUT2D eigenvalue weighted by Gasteiger charge is 2.51. The van der Waals surface area contributed by atoms with Gasteiger partial charge in [-0.05, 0) is 38.7 Å². The number of nitrogens with zero attached hydrogens (tertiary/aromatic N) is 4. The van der Waals surface area contributed by atoms with Gasteiger partial charge in [0.05, 0.1) is 24.8 Å². The van der Waals surface area contributed by atoms with E-state index in [0.29, 0.717) is 25.5 Å². The fourth-order valence-electron chi connectivity index (χ4n) is 5.19. The minimum atomic E-state index is -0.113.